The van der Waals surface area contributed by atoms with Gasteiger partial charge in [-0.1, -0.05) is 6.58 Å². The summed E-state index contributed by atoms with van der Waals surface area (Å²) in [6, 6.07) is 0. The van der Waals surface area contributed by atoms with E-state index in [2.05, 4.69) is 6.58 Å². The maximum atomic E-state index is 12.0. The molecule has 0 spiro atoms. The number of alkyl halides is 1. The van der Waals surface area contributed by atoms with Crippen LogP contribution in [0.25, 0.3) is 0 Å². The van der Waals surface area contributed by atoms with Crippen LogP contribution in [0.1, 0.15) is 6.42 Å². The summed E-state index contributed by atoms with van der Waals surface area (Å²) in [6.07, 6.45) is -0.410. The number of halogens is 1. The van der Waals surface area contributed by atoms with Crippen LogP contribution in [-0.2, 0) is 4.74 Å². The lowest BCUT2D eigenvalue weighted by Gasteiger charge is -1.87. The molecule has 0 amide bonds. The molecule has 1 aliphatic heterocycles. The standard InChI is InChI=1S/C5H7FO/c1-4-2-5(6)3-7-4/h5H,1-3H2. The van der Waals surface area contributed by atoms with Gasteiger partial charge in [0.1, 0.15) is 12.8 Å². The van der Waals surface area contributed by atoms with E-state index in [9.17, 15) is 4.39 Å². The summed E-state index contributed by atoms with van der Waals surface area (Å²) >= 11 is 0. The first-order valence-corrected chi connectivity index (χ1v) is 2.23. The molecule has 1 atom stereocenters. The highest BCUT2D eigenvalue weighted by Gasteiger charge is 2.16. The van der Waals surface area contributed by atoms with Gasteiger partial charge in [-0.25, -0.2) is 4.39 Å². The van der Waals surface area contributed by atoms with Crippen molar-refractivity contribution in [1.29, 1.82) is 0 Å². The molecule has 1 unspecified atom stereocenters. The van der Waals surface area contributed by atoms with Gasteiger partial charge < -0.3 is 4.74 Å². The Balaban J connectivity index is 2.40. The van der Waals surface area contributed by atoms with Gasteiger partial charge in [-0.3, -0.25) is 0 Å². The van der Waals surface area contributed by atoms with Gasteiger partial charge >= 0.3 is 0 Å². The zero-order valence-corrected chi connectivity index (χ0v) is 3.98. The summed E-state index contributed by atoms with van der Waals surface area (Å²) in [5.74, 6) is 0.576. The fourth-order valence-electron chi connectivity index (χ4n) is 0.573. The van der Waals surface area contributed by atoms with Crippen LogP contribution < -0.4 is 0 Å². The first kappa shape index (κ1) is 4.62. The Kier molecular flexibility index (Phi) is 1.01. The Morgan fingerprint density at radius 2 is 2.57 bits per heavy atom. The van der Waals surface area contributed by atoms with E-state index < -0.39 is 6.17 Å². The molecule has 2 heteroatoms. The molecule has 1 nitrogen and oxygen atoms in total. The van der Waals surface area contributed by atoms with Crippen molar-refractivity contribution in [3.8, 4) is 0 Å². The second kappa shape index (κ2) is 1.52. The quantitative estimate of drug-likeness (QED) is 0.447. The van der Waals surface area contributed by atoms with Gasteiger partial charge in [-0.2, -0.15) is 0 Å². The summed E-state index contributed by atoms with van der Waals surface area (Å²) in [7, 11) is 0. The van der Waals surface area contributed by atoms with E-state index >= 15 is 0 Å². The third kappa shape index (κ3) is 0.918. The second-order valence-corrected chi connectivity index (χ2v) is 1.65. The van der Waals surface area contributed by atoms with Crippen molar-refractivity contribution in [3.05, 3.63) is 12.3 Å². The van der Waals surface area contributed by atoms with Crippen molar-refractivity contribution in [3.63, 3.8) is 0 Å². The Morgan fingerprint density at radius 1 is 1.86 bits per heavy atom. The maximum Gasteiger partial charge on any atom is 0.141 e. The molecule has 7 heavy (non-hydrogen) atoms. The molecular weight excluding hydrogens is 95.1 g/mol. The van der Waals surface area contributed by atoms with E-state index in [-0.39, 0.29) is 6.61 Å². The SMILES string of the molecule is C=C1CC(F)CO1. The van der Waals surface area contributed by atoms with E-state index in [0.29, 0.717) is 12.2 Å². The highest BCUT2D eigenvalue weighted by atomic mass is 19.1. The van der Waals surface area contributed by atoms with E-state index in [1.54, 1.807) is 0 Å². The van der Waals surface area contributed by atoms with E-state index in [4.69, 9.17) is 4.74 Å². The molecule has 1 heterocycles. The van der Waals surface area contributed by atoms with E-state index in [0.717, 1.165) is 0 Å². The van der Waals surface area contributed by atoms with Gasteiger partial charge in [-0.15, -0.1) is 0 Å². The number of rotatable bonds is 0. The summed E-state index contributed by atoms with van der Waals surface area (Å²) in [4.78, 5) is 0. The molecule has 0 N–H and O–H groups in total. The minimum absolute atomic E-state index is 0.207. The second-order valence-electron chi connectivity index (χ2n) is 1.65. The Hall–Kier alpha value is -0.530. The highest BCUT2D eigenvalue weighted by Crippen LogP contribution is 2.16. The number of hydrogen-bond donors (Lipinski definition) is 0. The molecule has 0 bridgehead atoms. The van der Waals surface area contributed by atoms with Crippen LogP contribution in [0.15, 0.2) is 12.3 Å². The molecule has 1 aliphatic rings. The molecule has 0 aromatic carbocycles. The van der Waals surface area contributed by atoms with Crippen molar-refractivity contribution in [2.45, 2.75) is 12.6 Å². The van der Waals surface area contributed by atoms with Gasteiger partial charge in [0, 0.05) is 6.42 Å². The average Bonchev–Trinajstić information content (AvgIpc) is 1.87. The van der Waals surface area contributed by atoms with Crippen molar-refractivity contribution in [1.82, 2.24) is 0 Å². The normalized spacial score (nSPS) is 30.4. The Bertz CT molecular complexity index is 90.1. The molecule has 0 radical (unpaired) electrons. The van der Waals surface area contributed by atoms with Crippen LogP contribution in [0.3, 0.4) is 0 Å². The predicted molar refractivity (Wildman–Crippen MR) is 24.6 cm³/mol. The van der Waals surface area contributed by atoms with Crippen LogP contribution >= 0.6 is 0 Å². The third-order valence-corrected chi connectivity index (χ3v) is 0.917. The van der Waals surface area contributed by atoms with Crippen molar-refractivity contribution >= 4 is 0 Å². The number of ether oxygens (including phenoxy) is 1. The Morgan fingerprint density at radius 3 is 2.71 bits per heavy atom. The predicted octanol–water partition coefficient (Wildman–Crippen LogP) is 1.26. The molecule has 0 aromatic rings. The first-order chi connectivity index (χ1) is 3.29. The first-order valence-electron chi connectivity index (χ1n) is 2.23. The fourth-order valence-corrected chi connectivity index (χ4v) is 0.573. The van der Waals surface area contributed by atoms with E-state index in [1.165, 1.54) is 0 Å². The molecule has 40 valence electrons. The smallest absolute Gasteiger partial charge is 0.141 e. The minimum atomic E-state index is -0.799. The zero-order chi connectivity index (χ0) is 5.28. The van der Waals surface area contributed by atoms with Crippen LogP contribution in [0.4, 0.5) is 4.39 Å². The van der Waals surface area contributed by atoms with Crippen molar-refractivity contribution < 1.29 is 9.13 Å². The number of hydrogen-bond acceptors (Lipinski definition) is 1. The lowest BCUT2D eigenvalue weighted by molar-refractivity contribution is 0.214. The molecular formula is C5H7FO. The summed E-state index contributed by atoms with van der Waals surface area (Å²) < 4.78 is 16.7. The molecule has 1 rings (SSSR count). The molecule has 0 aliphatic carbocycles. The molecule has 0 aromatic heterocycles. The van der Waals surface area contributed by atoms with Gasteiger partial charge in [0.05, 0.1) is 5.76 Å². The molecule has 1 fully saturated rings. The van der Waals surface area contributed by atoms with Crippen LogP contribution in [0, 0.1) is 0 Å². The maximum absolute atomic E-state index is 12.0. The fraction of sp³-hybridized carbons (Fsp3) is 0.600. The van der Waals surface area contributed by atoms with Gasteiger partial charge in [0.15, 0.2) is 0 Å². The van der Waals surface area contributed by atoms with Gasteiger partial charge in [0.25, 0.3) is 0 Å². The zero-order valence-electron chi connectivity index (χ0n) is 3.98. The van der Waals surface area contributed by atoms with Crippen LogP contribution in [0.5, 0.6) is 0 Å². The van der Waals surface area contributed by atoms with Crippen LogP contribution in [-0.4, -0.2) is 12.8 Å². The topological polar surface area (TPSA) is 9.23 Å². The lowest BCUT2D eigenvalue weighted by atomic mass is 10.3. The van der Waals surface area contributed by atoms with E-state index in [1.807, 2.05) is 0 Å². The largest absolute Gasteiger partial charge is 0.495 e. The Labute approximate surface area is 41.8 Å². The van der Waals surface area contributed by atoms with Crippen molar-refractivity contribution in [2.75, 3.05) is 6.61 Å². The highest BCUT2D eigenvalue weighted by molar-refractivity contribution is 4.91. The average molecular weight is 102 g/mol. The summed E-state index contributed by atoms with van der Waals surface area (Å²) in [6.45, 7) is 3.65. The minimum Gasteiger partial charge on any atom is -0.495 e. The van der Waals surface area contributed by atoms with Crippen LogP contribution in [0.2, 0.25) is 0 Å². The number of allylic oxidation sites excluding steroid dienone is 1. The lowest BCUT2D eigenvalue weighted by Crippen LogP contribution is -1.94. The summed E-state index contributed by atoms with van der Waals surface area (Å²) in [5, 5.41) is 0. The third-order valence-electron chi connectivity index (χ3n) is 0.917. The monoisotopic (exact) mass is 102 g/mol. The van der Waals surface area contributed by atoms with Crippen molar-refractivity contribution in [2.24, 2.45) is 0 Å². The van der Waals surface area contributed by atoms with Gasteiger partial charge in [0.2, 0.25) is 0 Å². The van der Waals surface area contributed by atoms with Gasteiger partial charge in [-0.05, 0) is 0 Å². The molecule has 1 saturated heterocycles. The summed E-state index contributed by atoms with van der Waals surface area (Å²) in [5.41, 5.74) is 0. The molecule has 0 saturated carbocycles.